The Morgan fingerprint density at radius 1 is 1.33 bits per heavy atom. The number of carbonyl (C=O) groups is 1. The highest BCUT2D eigenvalue weighted by Gasteiger charge is 2.34. The summed E-state index contributed by atoms with van der Waals surface area (Å²) in [6.45, 7) is 2.89. The van der Waals surface area contributed by atoms with Crippen molar-refractivity contribution < 1.29 is 4.79 Å². The van der Waals surface area contributed by atoms with Crippen molar-refractivity contribution in [2.24, 2.45) is 5.92 Å². The zero-order valence-corrected chi connectivity index (χ0v) is 13.1. The predicted octanol–water partition coefficient (Wildman–Crippen LogP) is 3.51. The molecule has 1 aliphatic carbocycles. The van der Waals surface area contributed by atoms with E-state index in [4.69, 9.17) is 0 Å². The molecule has 1 atom stereocenters. The minimum atomic E-state index is 0.207. The third kappa shape index (κ3) is 3.70. The van der Waals surface area contributed by atoms with Crippen LogP contribution in [-0.2, 0) is 17.8 Å². The average molecular weight is 300 g/mol. The highest BCUT2D eigenvalue weighted by atomic mass is 32.1. The minimum absolute atomic E-state index is 0.207. The van der Waals surface area contributed by atoms with E-state index < -0.39 is 0 Å². The van der Waals surface area contributed by atoms with Gasteiger partial charge in [0.2, 0.25) is 5.91 Å². The Morgan fingerprint density at radius 3 is 2.71 bits per heavy atom. The summed E-state index contributed by atoms with van der Waals surface area (Å²) < 4.78 is 4.08. The molecule has 0 aliphatic heterocycles. The predicted molar refractivity (Wildman–Crippen MR) is 85.0 cm³/mol. The maximum absolute atomic E-state index is 12.7. The van der Waals surface area contributed by atoms with Crippen LogP contribution in [0.25, 0.3) is 0 Å². The zero-order valence-electron chi connectivity index (χ0n) is 12.2. The van der Waals surface area contributed by atoms with Gasteiger partial charge in [-0.25, -0.2) is 4.37 Å². The van der Waals surface area contributed by atoms with Crippen LogP contribution in [0.5, 0.6) is 0 Å². The fourth-order valence-electron chi connectivity index (χ4n) is 2.66. The molecule has 110 valence electrons. The largest absolute Gasteiger partial charge is 0.335 e. The quantitative estimate of drug-likeness (QED) is 0.818. The SMILES string of the molecule is CC(C1CC1)N(Cc1ccccc1)C(=O)Cc1cnsc1. The van der Waals surface area contributed by atoms with Crippen molar-refractivity contribution >= 4 is 17.4 Å². The number of aromatic nitrogens is 1. The molecule has 3 rings (SSSR count). The molecule has 1 aromatic carbocycles. The molecule has 0 saturated heterocycles. The maximum Gasteiger partial charge on any atom is 0.227 e. The van der Waals surface area contributed by atoms with E-state index in [-0.39, 0.29) is 5.91 Å². The number of hydrogen-bond donors (Lipinski definition) is 0. The van der Waals surface area contributed by atoms with E-state index in [1.165, 1.54) is 29.9 Å². The number of amides is 1. The van der Waals surface area contributed by atoms with Crippen LogP contribution in [0, 0.1) is 5.92 Å². The number of hydrogen-bond acceptors (Lipinski definition) is 3. The normalized spacial score (nSPS) is 15.7. The van der Waals surface area contributed by atoms with Gasteiger partial charge in [-0.3, -0.25) is 4.79 Å². The molecule has 21 heavy (non-hydrogen) atoms. The first-order valence-corrected chi connectivity index (χ1v) is 8.29. The van der Waals surface area contributed by atoms with Crippen molar-refractivity contribution in [3.63, 3.8) is 0 Å². The van der Waals surface area contributed by atoms with Crippen LogP contribution < -0.4 is 0 Å². The molecule has 0 bridgehead atoms. The van der Waals surface area contributed by atoms with Crippen molar-refractivity contribution in [2.45, 2.75) is 38.8 Å². The lowest BCUT2D eigenvalue weighted by atomic mass is 10.1. The second kappa shape index (κ2) is 6.39. The fourth-order valence-corrected chi connectivity index (χ4v) is 3.20. The molecule has 4 heteroatoms. The number of nitrogens with zero attached hydrogens (tertiary/aromatic N) is 2. The molecule has 1 aliphatic rings. The lowest BCUT2D eigenvalue weighted by Crippen LogP contribution is -2.40. The van der Waals surface area contributed by atoms with Crippen molar-refractivity contribution in [2.75, 3.05) is 0 Å². The number of rotatable bonds is 6. The Bertz CT molecular complexity index is 578. The zero-order chi connectivity index (χ0) is 14.7. The van der Waals surface area contributed by atoms with Gasteiger partial charge >= 0.3 is 0 Å². The Hall–Kier alpha value is -1.68. The monoisotopic (exact) mass is 300 g/mol. The summed E-state index contributed by atoms with van der Waals surface area (Å²) in [6, 6.07) is 10.6. The molecule has 1 amide bonds. The van der Waals surface area contributed by atoms with Gasteiger partial charge < -0.3 is 4.90 Å². The van der Waals surface area contributed by atoms with E-state index in [9.17, 15) is 4.79 Å². The van der Waals surface area contributed by atoms with Crippen LogP contribution in [0.1, 0.15) is 30.9 Å². The van der Waals surface area contributed by atoms with Crippen LogP contribution in [-0.4, -0.2) is 21.2 Å². The highest BCUT2D eigenvalue weighted by Crippen LogP contribution is 2.36. The van der Waals surface area contributed by atoms with Crippen LogP contribution >= 0.6 is 11.5 Å². The summed E-state index contributed by atoms with van der Waals surface area (Å²) in [6.07, 6.45) is 4.75. The molecule has 3 nitrogen and oxygen atoms in total. The molecule has 1 heterocycles. The first kappa shape index (κ1) is 14.3. The van der Waals surface area contributed by atoms with Crippen molar-refractivity contribution in [3.8, 4) is 0 Å². The van der Waals surface area contributed by atoms with Gasteiger partial charge in [-0.05, 0) is 48.3 Å². The Balaban J connectivity index is 1.73. The van der Waals surface area contributed by atoms with Crippen LogP contribution in [0.2, 0.25) is 0 Å². The topological polar surface area (TPSA) is 33.2 Å². The second-order valence-electron chi connectivity index (χ2n) is 5.79. The number of benzene rings is 1. The smallest absolute Gasteiger partial charge is 0.227 e. The molecule has 1 fully saturated rings. The van der Waals surface area contributed by atoms with Gasteiger partial charge in [-0.1, -0.05) is 30.3 Å². The Kier molecular flexibility index (Phi) is 4.34. The molecule has 0 spiro atoms. The average Bonchev–Trinajstić information content (AvgIpc) is 3.23. The van der Waals surface area contributed by atoms with E-state index in [1.54, 1.807) is 6.20 Å². The van der Waals surface area contributed by atoms with Gasteiger partial charge in [-0.2, -0.15) is 0 Å². The lowest BCUT2D eigenvalue weighted by Gasteiger charge is -2.29. The fraction of sp³-hybridized carbons (Fsp3) is 0.412. The standard InChI is InChI=1S/C17H20N2OS/c1-13(16-7-8-16)19(11-14-5-3-2-4-6-14)17(20)9-15-10-18-21-12-15/h2-6,10,12-13,16H,7-9,11H2,1H3. The van der Waals surface area contributed by atoms with Crippen molar-refractivity contribution in [1.82, 2.24) is 9.27 Å². The van der Waals surface area contributed by atoms with E-state index >= 15 is 0 Å². The van der Waals surface area contributed by atoms with E-state index in [1.807, 2.05) is 28.5 Å². The molecular weight excluding hydrogens is 280 g/mol. The number of carbonyl (C=O) groups excluding carboxylic acids is 1. The third-order valence-corrected chi connectivity index (χ3v) is 4.79. The highest BCUT2D eigenvalue weighted by molar-refractivity contribution is 7.03. The molecule has 1 aromatic heterocycles. The molecule has 2 aromatic rings. The van der Waals surface area contributed by atoms with Gasteiger partial charge in [-0.15, -0.1) is 0 Å². The van der Waals surface area contributed by atoms with Crippen molar-refractivity contribution in [3.05, 3.63) is 53.0 Å². The van der Waals surface area contributed by atoms with Gasteiger partial charge in [0.05, 0.1) is 6.42 Å². The molecule has 1 saturated carbocycles. The molecule has 0 radical (unpaired) electrons. The first-order chi connectivity index (χ1) is 10.2. The van der Waals surface area contributed by atoms with Crippen molar-refractivity contribution in [1.29, 1.82) is 0 Å². The van der Waals surface area contributed by atoms with Gasteiger partial charge in [0.1, 0.15) is 0 Å². The second-order valence-corrected chi connectivity index (χ2v) is 6.45. The van der Waals surface area contributed by atoms with Gasteiger partial charge in [0, 0.05) is 24.2 Å². The summed E-state index contributed by atoms with van der Waals surface area (Å²) in [4.78, 5) is 14.7. The molecular formula is C17H20N2OS. The first-order valence-electron chi connectivity index (χ1n) is 7.45. The van der Waals surface area contributed by atoms with Crippen LogP contribution in [0.3, 0.4) is 0 Å². The van der Waals surface area contributed by atoms with Gasteiger partial charge in [0.15, 0.2) is 0 Å². The van der Waals surface area contributed by atoms with Crippen LogP contribution in [0.15, 0.2) is 41.9 Å². The van der Waals surface area contributed by atoms with Crippen LogP contribution in [0.4, 0.5) is 0 Å². The summed E-state index contributed by atoms with van der Waals surface area (Å²) in [5.41, 5.74) is 2.22. The summed E-state index contributed by atoms with van der Waals surface area (Å²) in [7, 11) is 0. The summed E-state index contributed by atoms with van der Waals surface area (Å²) >= 11 is 1.40. The summed E-state index contributed by atoms with van der Waals surface area (Å²) in [5, 5.41) is 1.96. The van der Waals surface area contributed by atoms with Gasteiger partial charge in [0.25, 0.3) is 0 Å². The Labute approximate surface area is 129 Å². The molecule has 0 N–H and O–H groups in total. The minimum Gasteiger partial charge on any atom is -0.335 e. The Morgan fingerprint density at radius 2 is 2.10 bits per heavy atom. The lowest BCUT2D eigenvalue weighted by molar-refractivity contribution is -0.133. The van der Waals surface area contributed by atoms with E-state index in [2.05, 4.69) is 23.4 Å². The third-order valence-electron chi connectivity index (χ3n) is 4.15. The maximum atomic E-state index is 12.7. The van der Waals surface area contributed by atoms with E-state index in [0.717, 1.165) is 5.56 Å². The summed E-state index contributed by atoms with van der Waals surface area (Å²) in [5.74, 6) is 0.886. The van der Waals surface area contributed by atoms with E-state index in [0.29, 0.717) is 24.9 Å². The molecule has 1 unspecified atom stereocenters.